The zero-order valence-electron chi connectivity index (χ0n) is 20.2. The summed E-state index contributed by atoms with van der Waals surface area (Å²) in [7, 11) is -2.91. The number of benzene rings is 2. The summed E-state index contributed by atoms with van der Waals surface area (Å²) in [6, 6.07) is 10.0. The van der Waals surface area contributed by atoms with Gasteiger partial charge in [-0.2, -0.15) is 8.42 Å². The van der Waals surface area contributed by atoms with E-state index in [1.807, 2.05) is 6.92 Å². The summed E-state index contributed by atoms with van der Waals surface area (Å²) in [6.45, 7) is 4.46. The normalized spacial score (nSPS) is 26.8. The van der Waals surface area contributed by atoms with Gasteiger partial charge in [0.15, 0.2) is 5.75 Å². The number of rotatable bonds is 6. The van der Waals surface area contributed by atoms with Crippen LogP contribution in [0.15, 0.2) is 56.6 Å². The average Bonchev–Trinajstić information content (AvgIpc) is 2.83. The SMILES string of the molecule is CO[C@@H]1[C@H](O)[C@@H](O)[C@H](c2ccc3c(OS(=O)(=O)c4ccc(C)cc4)cc(=O)oc3c2C)O[C@]1(C)CO. The number of ether oxygens (including phenoxy) is 2. The van der Waals surface area contributed by atoms with Crippen LogP contribution in [-0.4, -0.2) is 61.4 Å². The van der Waals surface area contributed by atoms with Gasteiger partial charge in [0.25, 0.3) is 0 Å². The van der Waals surface area contributed by atoms with E-state index >= 15 is 0 Å². The van der Waals surface area contributed by atoms with E-state index in [0.717, 1.165) is 11.6 Å². The van der Waals surface area contributed by atoms with Crippen LogP contribution in [0.25, 0.3) is 11.0 Å². The van der Waals surface area contributed by atoms with Crippen molar-refractivity contribution in [3.05, 3.63) is 69.6 Å². The fourth-order valence-electron chi connectivity index (χ4n) is 4.51. The minimum Gasteiger partial charge on any atom is -0.422 e. The second-order valence-electron chi connectivity index (χ2n) is 9.08. The van der Waals surface area contributed by atoms with Crippen LogP contribution < -0.4 is 9.81 Å². The molecule has 0 radical (unpaired) electrons. The molecule has 0 spiro atoms. The van der Waals surface area contributed by atoms with Crippen LogP contribution in [0.3, 0.4) is 0 Å². The molecule has 2 heterocycles. The molecule has 1 saturated heterocycles. The molecule has 3 N–H and O–H groups in total. The lowest BCUT2D eigenvalue weighted by molar-refractivity contribution is -0.279. The molecule has 1 fully saturated rings. The zero-order valence-corrected chi connectivity index (χ0v) is 21.0. The highest BCUT2D eigenvalue weighted by Crippen LogP contribution is 2.42. The van der Waals surface area contributed by atoms with E-state index in [0.29, 0.717) is 11.1 Å². The minimum absolute atomic E-state index is 0.0268. The molecular formula is C25H28O10S. The Balaban J connectivity index is 1.79. The molecule has 3 aromatic rings. The van der Waals surface area contributed by atoms with Crippen LogP contribution in [0.2, 0.25) is 0 Å². The first-order valence-electron chi connectivity index (χ1n) is 11.2. The molecule has 36 heavy (non-hydrogen) atoms. The highest BCUT2D eigenvalue weighted by Gasteiger charge is 2.52. The van der Waals surface area contributed by atoms with Gasteiger partial charge in [0.1, 0.15) is 40.5 Å². The number of aliphatic hydroxyl groups is 3. The maximum absolute atomic E-state index is 12.8. The summed E-state index contributed by atoms with van der Waals surface area (Å²) in [5, 5.41) is 31.6. The van der Waals surface area contributed by atoms with Crippen LogP contribution in [0.5, 0.6) is 5.75 Å². The van der Waals surface area contributed by atoms with Crippen molar-refractivity contribution in [3.63, 3.8) is 0 Å². The molecule has 0 saturated carbocycles. The fourth-order valence-corrected chi connectivity index (χ4v) is 5.45. The summed E-state index contributed by atoms with van der Waals surface area (Å²) >= 11 is 0. The first kappa shape index (κ1) is 26.3. The number of hydrogen-bond acceptors (Lipinski definition) is 10. The Morgan fingerprint density at radius 2 is 1.72 bits per heavy atom. The molecule has 4 rings (SSSR count). The smallest absolute Gasteiger partial charge is 0.340 e. The Labute approximate surface area is 207 Å². The van der Waals surface area contributed by atoms with Crippen LogP contribution >= 0.6 is 0 Å². The lowest BCUT2D eigenvalue weighted by atomic mass is 9.83. The third kappa shape index (κ3) is 4.54. The maximum atomic E-state index is 12.8. The topological polar surface area (TPSA) is 153 Å². The molecule has 1 aliphatic rings. The molecule has 1 aliphatic heterocycles. The minimum atomic E-state index is -4.25. The van der Waals surface area contributed by atoms with E-state index in [2.05, 4.69) is 0 Å². The molecule has 11 heteroatoms. The van der Waals surface area contributed by atoms with E-state index in [1.165, 1.54) is 25.3 Å². The van der Waals surface area contributed by atoms with Gasteiger partial charge in [0.2, 0.25) is 0 Å². The molecule has 0 unspecified atom stereocenters. The summed E-state index contributed by atoms with van der Waals surface area (Å²) in [4.78, 5) is 12.3. The molecule has 5 atom stereocenters. The van der Waals surface area contributed by atoms with Crippen molar-refractivity contribution in [2.24, 2.45) is 0 Å². The fraction of sp³-hybridized carbons (Fsp3) is 0.400. The molecular weight excluding hydrogens is 492 g/mol. The Bertz CT molecular complexity index is 1430. The third-order valence-electron chi connectivity index (χ3n) is 6.52. The third-order valence-corrected chi connectivity index (χ3v) is 7.77. The molecule has 2 aromatic carbocycles. The van der Waals surface area contributed by atoms with Crippen LogP contribution in [0, 0.1) is 13.8 Å². The molecule has 194 valence electrons. The first-order valence-corrected chi connectivity index (χ1v) is 12.6. The largest absolute Gasteiger partial charge is 0.422 e. The van der Waals surface area contributed by atoms with Crippen LogP contribution in [-0.2, 0) is 19.6 Å². The highest BCUT2D eigenvalue weighted by molar-refractivity contribution is 7.87. The van der Waals surface area contributed by atoms with Crippen molar-refractivity contribution >= 4 is 21.1 Å². The summed E-state index contributed by atoms with van der Waals surface area (Å²) < 4.78 is 47.6. The van der Waals surface area contributed by atoms with E-state index in [4.69, 9.17) is 18.1 Å². The summed E-state index contributed by atoms with van der Waals surface area (Å²) in [5.41, 5.74) is -0.567. The highest BCUT2D eigenvalue weighted by atomic mass is 32.2. The van der Waals surface area contributed by atoms with Crippen LogP contribution in [0.4, 0.5) is 0 Å². The van der Waals surface area contributed by atoms with Gasteiger partial charge in [-0.1, -0.05) is 23.8 Å². The number of aliphatic hydroxyl groups excluding tert-OH is 3. The average molecular weight is 521 g/mol. The van der Waals surface area contributed by atoms with Gasteiger partial charge < -0.3 is 33.4 Å². The van der Waals surface area contributed by atoms with E-state index < -0.39 is 52.4 Å². The zero-order chi connectivity index (χ0) is 26.4. The Morgan fingerprint density at radius 3 is 2.33 bits per heavy atom. The van der Waals surface area contributed by atoms with Gasteiger partial charge in [0.05, 0.1) is 18.1 Å². The van der Waals surface area contributed by atoms with Gasteiger partial charge in [0, 0.05) is 7.11 Å². The van der Waals surface area contributed by atoms with Crippen molar-refractivity contribution in [2.45, 2.75) is 55.7 Å². The quantitative estimate of drug-likeness (QED) is 0.324. The van der Waals surface area contributed by atoms with E-state index in [1.54, 1.807) is 32.0 Å². The second-order valence-corrected chi connectivity index (χ2v) is 10.6. The number of hydrogen-bond donors (Lipinski definition) is 3. The summed E-state index contributed by atoms with van der Waals surface area (Å²) in [5.74, 6) is -0.221. The van der Waals surface area contributed by atoms with E-state index in [-0.39, 0.29) is 21.6 Å². The second kappa shape index (κ2) is 9.58. The Kier molecular flexibility index (Phi) is 6.99. The van der Waals surface area contributed by atoms with Crippen molar-refractivity contribution in [1.82, 2.24) is 0 Å². The number of methoxy groups -OCH3 is 1. The van der Waals surface area contributed by atoms with Crippen molar-refractivity contribution in [1.29, 1.82) is 0 Å². The molecule has 0 amide bonds. The van der Waals surface area contributed by atoms with Crippen molar-refractivity contribution in [3.8, 4) is 5.75 Å². The van der Waals surface area contributed by atoms with E-state index in [9.17, 15) is 28.5 Å². The predicted octanol–water partition coefficient (Wildman–Crippen LogP) is 1.74. The number of fused-ring (bicyclic) bond motifs is 1. The lowest BCUT2D eigenvalue weighted by Crippen LogP contribution is -2.62. The van der Waals surface area contributed by atoms with Gasteiger partial charge >= 0.3 is 15.7 Å². The first-order chi connectivity index (χ1) is 16.9. The molecule has 1 aromatic heterocycles. The van der Waals surface area contributed by atoms with Gasteiger partial charge in [-0.05, 0) is 50.1 Å². The Hall–Kier alpha value is -2.80. The van der Waals surface area contributed by atoms with Crippen molar-refractivity contribution in [2.75, 3.05) is 13.7 Å². The van der Waals surface area contributed by atoms with Gasteiger partial charge in [-0.25, -0.2) is 4.79 Å². The van der Waals surface area contributed by atoms with Gasteiger partial charge in [-0.15, -0.1) is 0 Å². The summed E-state index contributed by atoms with van der Waals surface area (Å²) in [6.07, 6.45) is -4.93. The predicted molar refractivity (Wildman–Crippen MR) is 128 cm³/mol. The van der Waals surface area contributed by atoms with Crippen molar-refractivity contribution < 1.29 is 41.8 Å². The molecule has 0 bridgehead atoms. The Morgan fingerprint density at radius 1 is 1.06 bits per heavy atom. The number of aryl methyl sites for hydroxylation is 2. The monoisotopic (exact) mass is 520 g/mol. The maximum Gasteiger partial charge on any atom is 0.340 e. The van der Waals surface area contributed by atoms with Gasteiger partial charge in [-0.3, -0.25) is 0 Å². The molecule has 0 aliphatic carbocycles. The van der Waals surface area contributed by atoms with Crippen LogP contribution in [0.1, 0.15) is 29.7 Å². The lowest BCUT2D eigenvalue weighted by Gasteiger charge is -2.48. The standard InChI is InChI=1S/C25H28O10S/c1-13-5-7-15(8-6-13)36(30,31)35-18-11-19(27)33-22-14(2)16(9-10-17(18)22)23-20(28)21(29)24(32-4)25(3,12-26)34-23/h5-11,20-21,23-24,26,28-29H,12H2,1-4H3/t20-,21-,23+,24-,25-/m1/s1. The molecule has 10 nitrogen and oxygen atoms in total.